The van der Waals surface area contributed by atoms with Crippen molar-refractivity contribution in [1.82, 2.24) is 25.6 Å². The number of H-pyrrole nitrogens is 1. The number of imidazole rings is 1. The number of aromatic carboxylic acids is 1. The summed E-state index contributed by atoms with van der Waals surface area (Å²) in [7, 11) is 2.95. The van der Waals surface area contributed by atoms with Crippen molar-refractivity contribution in [1.29, 1.82) is 0 Å². The molecule has 0 aliphatic carbocycles. The van der Waals surface area contributed by atoms with Crippen molar-refractivity contribution < 1.29 is 24.2 Å². The molecular formula is C18H23ClN6O5S. The molecule has 0 aromatic carbocycles. The van der Waals surface area contributed by atoms with Crippen LogP contribution in [0.1, 0.15) is 49.8 Å². The summed E-state index contributed by atoms with van der Waals surface area (Å²) in [6.45, 7) is 2.76. The second kappa shape index (κ2) is 9.62. The number of aromatic amines is 1. The zero-order chi connectivity index (χ0) is 22.7. The number of aromatic nitrogens is 3. The number of amides is 2. The first-order valence-electron chi connectivity index (χ1n) is 9.58. The maximum atomic E-state index is 12.6. The van der Waals surface area contributed by atoms with Gasteiger partial charge in [-0.25, -0.2) is 14.8 Å². The third-order valence-electron chi connectivity index (χ3n) is 5.00. The number of piperidine rings is 1. The van der Waals surface area contributed by atoms with E-state index in [1.165, 1.54) is 14.2 Å². The zero-order valence-corrected chi connectivity index (χ0v) is 18.8. The number of nitrogens with one attached hydrogen (secondary N) is 3. The van der Waals surface area contributed by atoms with Crippen LogP contribution in [-0.2, 0) is 11.2 Å². The van der Waals surface area contributed by atoms with E-state index in [1.54, 1.807) is 0 Å². The maximum absolute atomic E-state index is 12.6. The van der Waals surface area contributed by atoms with Crippen LogP contribution in [0.3, 0.4) is 0 Å². The largest absolute Gasteiger partial charge is 0.477 e. The number of carboxylic acid groups (broad SMARTS) is 1. The Morgan fingerprint density at radius 3 is 2.68 bits per heavy atom. The number of rotatable bonds is 7. The molecule has 3 rings (SSSR count). The number of methoxy groups -OCH3 is 1. The fourth-order valence-corrected chi connectivity index (χ4v) is 4.52. The molecule has 1 saturated heterocycles. The lowest BCUT2D eigenvalue weighted by molar-refractivity contribution is 0.0538. The molecule has 4 N–H and O–H groups in total. The van der Waals surface area contributed by atoms with Gasteiger partial charge in [0.1, 0.15) is 4.88 Å². The summed E-state index contributed by atoms with van der Waals surface area (Å²) in [6, 6.07) is -0.292. The third-order valence-corrected chi connectivity index (χ3v) is 6.41. The van der Waals surface area contributed by atoms with Crippen molar-refractivity contribution in [3.63, 3.8) is 0 Å². The molecule has 3 heterocycles. The summed E-state index contributed by atoms with van der Waals surface area (Å²) in [6.07, 6.45) is 0.772. The van der Waals surface area contributed by atoms with Crippen LogP contribution >= 0.6 is 22.9 Å². The molecule has 13 heteroatoms. The topological polar surface area (TPSA) is 150 Å². The zero-order valence-electron chi connectivity index (χ0n) is 17.2. The predicted octanol–water partition coefficient (Wildman–Crippen LogP) is 1.16. The molecule has 2 aromatic heterocycles. The van der Waals surface area contributed by atoms with Crippen LogP contribution < -0.4 is 15.5 Å². The lowest BCUT2D eigenvalue weighted by atomic mass is 10.0. The quantitative estimate of drug-likeness (QED) is 0.471. The fourth-order valence-electron chi connectivity index (χ4n) is 3.32. The second-order valence-corrected chi connectivity index (χ2v) is 8.19. The van der Waals surface area contributed by atoms with Gasteiger partial charge < -0.3 is 30.4 Å². The standard InChI is InChI=1S/C18H23ClN6O5S/c1-4-8-13(19)24-14(21-8)16(27)22-9-5-6-25(7-10(9)30-3)18-23-11(15(26)20-2)12(31-18)17(28)29/h9-10H,4-7H2,1-3H3,(H,20,26)(H,21,24)(H,22,27)(H,28,29)/t9-,10+/m1/s1. The Bertz CT molecular complexity index is 992. The van der Waals surface area contributed by atoms with Crippen LogP contribution in [-0.4, -0.2) is 77.2 Å². The summed E-state index contributed by atoms with van der Waals surface area (Å²) in [4.78, 5) is 49.0. The highest BCUT2D eigenvalue weighted by Gasteiger charge is 2.34. The van der Waals surface area contributed by atoms with Crippen LogP contribution in [0.4, 0.5) is 5.13 Å². The lowest BCUT2D eigenvalue weighted by Crippen LogP contribution is -2.55. The monoisotopic (exact) mass is 470 g/mol. The number of carbonyl (C=O) groups excluding carboxylic acids is 2. The van der Waals surface area contributed by atoms with Crippen molar-refractivity contribution >= 4 is 45.9 Å². The van der Waals surface area contributed by atoms with E-state index in [2.05, 4.69) is 25.6 Å². The Hall–Kier alpha value is -2.70. The van der Waals surface area contributed by atoms with E-state index >= 15 is 0 Å². The van der Waals surface area contributed by atoms with Gasteiger partial charge in [0.25, 0.3) is 11.8 Å². The smallest absolute Gasteiger partial charge is 0.348 e. The predicted molar refractivity (Wildman–Crippen MR) is 114 cm³/mol. The van der Waals surface area contributed by atoms with Gasteiger partial charge in [0.15, 0.2) is 21.8 Å². The average Bonchev–Trinajstić information content (AvgIpc) is 3.37. The third kappa shape index (κ3) is 4.81. The van der Waals surface area contributed by atoms with Gasteiger partial charge in [-0.1, -0.05) is 29.9 Å². The number of ether oxygens (including phenoxy) is 1. The molecule has 2 atom stereocenters. The molecule has 0 spiro atoms. The van der Waals surface area contributed by atoms with Crippen LogP contribution in [0.15, 0.2) is 0 Å². The molecular weight excluding hydrogens is 448 g/mol. The van der Waals surface area contributed by atoms with Crippen molar-refractivity contribution in [2.45, 2.75) is 31.9 Å². The highest BCUT2D eigenvalue weighted by Crippen LogP contribution is 2.29. The van der Waals surface area contributed by atoms with Crippen LogP contribution in [0.25, 0.3) is 0 Å². The number of carbonyl (C=O) groups is 3. The first kappa shape index (κ1) is 23.0. The van der Waals surface area contributed by atoms with Gasteiger partial charge in [-0.3, -0.25) is 9.59 Å². The van der Waals surface area contributed by atoms with Gasteiger partial charge in [-0.05, 0) is 12.8 Å². The molecule has 11 nitrogen and oxygen atoms in total. The van der Waals surface area contributed by atoms with Gasteiger partial charge >= 0.3 is 5.97 Å². The molecule has 1 aliphatic heterocycles. The number of thiazole rings is 1. The SMILES string of the molecule is CCc1[nH]c(C(=O)N[C@@H]2CCN(c3nc(C(=O)NC)c(C(=O)O)s3)C[C@@H]2OC)nc1Cl. The molecule has 31 heavy (non-hydrogen) atoms. The highest BCUT2D eigenvalue weighted by atomic mass is 35.5. The average molecular weight is 471 g/mol. The molecule has 2 amide bonds. The Balaban J connectivity index is 1.72. The van der Waals surface area contributed by atoms with E-state index < -0.39 is 11.9 Å². The summed E-state index contributed by atoms with van der Waals surface area (Å²) in [5.41, 5.74) is 0.565. The first-order chi connectivity index (χ1) is 14.8. The number of halogens is 1. The van der Waals surface area contributed by atoms with E-state index in [4.69, 9.17) is 16.3 Å². The molecule has 1 aliphatic rings. The van der Waals surface area contributed by atoms with Crippen LogP contribution in [0.2, 0.25) is 5.15 Å². The fraction of sp³-hybridized carbons (Fsp3) is 0.500. The Morgan fingerprint density at radius 2 is 2.10 bits per heavy atom. The Morgan fingerprint density at radius 1 is 1.35 bits per heavy atom. The molecule has 1 fully saturated rings. The van der Waals surface area contributed by atoms with Crippen molar-refractivity contribution in [3.05, 3.63) is 27.2 Å². The molecule has 0 saturated carbocycles. The van der Waals surface area contributed by atoms with Gasteiger partial charge in [-0.15, -0.1) is 0 Å². The lowest BCUT2D eigenvalue weighted by Gasteiger charge is -2.37. The van der Waals surface area contributed by atoms with Crippen molar-refractivity contribution in [2.75, 3.05) is 32.1 Å². The summed E-state index contributed by atoms with van der Waals surface area (Å²) >= 11 is 6.95. The number of carboxylic acids is 1. The molecule has 2 aromatic rings. The number of hydrogen-bond donors (Lipinski definition) is 4. The molecule has 0 radical (unpaired) electrons. The normalized spacial score (nSPS) is 18.6. The van der Waals surface area contributed by atoms with E-state index in [1.807, 2.05) is 11.8 Å². The van der Waals surface area contributed by atoms with E-state index in [0.717, 1.165) is 11.3 Å². The summed E-state index contributed by atoms with van der Waals surface area (Å²) < 4.78 is 5.56. The van der Waals surface area contributed by atoms with Gasteiger partial charge in [0.2, 0.25) is 0 Å². The van der Waals surface area contributed by atoms with Crippen molar-refractivity contribution in [2.24, 2.45) is 0 Å². The maximum Gasteiger partial charge on any atom is 0.348 e. The van der Waals surface area contributed by atoms with E-state index in [9.17, 15) is 19.5 Å². The Kier molecular flexibility index (Phi) is 7.13. The van der Waals surface area contributed by atoms with Crippen LogP contribution in [0.5, 0.6) is 0 Å². The minimum atomic E-state index is -1.21. The minimum absolute atomic E-state index is 0.124. The van der Waals surface area contributed by atoms with Crippen LogP contribution in [0, 0.1) is 0 Å². The van der Waals surface area contributed by atoms with Gasteiger partial charge in [0.05, 0.1) is 17.8 Å². The molecule has 168 valence electrons. The Labute approximate surface area is 187 Å². The van der Waals surface area contributed by atoms with Crippen molar-refractivity contribution in [3.8, 4) is 0 Å². The first-order valence-corrected chi connectivity index (χ1v) is 10.8. The highest BCUT2D eigenvalue weighted by molar-refractivity contribution is 7.17. The van der Waals surface area contributed by atoms with Gasteiger partial charge in [0, 0.05) is 27.2 Å². The molecule has 0 bridgehead atoms. The summed E-state index contributed by atoms with van der Waals surface area (Å²) in [5, 5.41) is 15.4. The second-order valence-electron chi connectivity index (χ2n) is 6.86. The number of aryl methyl sites for hydroxylation is 1. The number of hydrogen-bond acceptors (Lipinski definition) is 8. The van der Waals surface area contributed by atoms with E-state index in [-0.39, 0.29) is 39.6 Å². The van der Waals surface area contributed by atoms with Gasteiger partial charge in [-0.2, -0.15) is 0 Å². The van der Waals surface area contributed by atoms with E-state index in [0.29, 0.717) is 36.8 Å². The number of nitrogens with zero attached hydrogens (tertiary/aromatic N) is 3. The summed E-state index contributed by atoms with van der Waals surface area (Å²) in [5.74, 6) is -2.02. The number of anilines is 1. The minimum Gasteiger partial charge on any atom is -0.477 e. The molecule has 0 unspecified atom stereocenters.